The maximum absolute atomic E-state index is 12.5. The van der Waals surface area contributed by atoms with Crippen LogP contribution in [0.5, 0.6) is 0 Å². The lowest BCUT2D eigenvalue weighted by Gasteiger charge is -2.24. The fraction of sp³-hybridized carbons (Fsp3) is 0.706. The Kier molecular flexibility index (Phi) is 6.86. The first kappa shape index (κ1) is 19.0. The second-order valence-corrected chi connectivity index (χ2v) is 8.32. The predicted molar refractivity (Wildman–Crippen MR) is 92.4 cm³/mol. The molecule has 1 saturated heterocycles. The van der Waals surface area contributed by atoms with Gasteiger partial charge < -0.3 is 9.73 Å². The number of nitrogens with zero attached hydrogens (tertiary/aromatic N) is 1. The molecular formula is C17H28N2O4S. The summed E-state index contributed by atoms with van der Waals surface area (Å²) in [5.74, 6) is -0.313. The van der Waals surface area contributed by atoms with Crippen LogP contribution >= 0.6 is 0 Å². The first-order chi connectivity index (χ1) is 11.4. The van der Waals surface area contributed by atoms with Crippen molar-refractivity contribution in [3.63, 3.8) is 0 Å². The first-order valence-electron chi connectivity index (χ1n) is 8.86. The maximum Gasteiger partial charge on any atom is 0.287 e. The van der Waals surface area contributed by atoms with Crippen LogP contribution in [-0.4, -0.2) is 37.8 Å². The summed E-state index contributed by atoms with van der Waals surface area (Å²) in [6, 6.07) is 2.85. The summed E-state index contributed by atoms with van der Waals surface area (Å²) < 4.78 is 31.8. The third kappa shape index (κ3) is 4.83. The Morgan fingerprint density at radius 3 is 2.62 bits per heavy atom. The highest BCUT2D eigenvalue weighted by molar-refractivity contribution is 7.89. The summed E-state index contributed by atoms with van der Waals surface area (Å²) in [5.41, 5.74) is 0. The van der Waals surface area contributed by atoms with Crippen LogP contribution in [0.4, 0.5) is 0 Å². The molecule has 1 atom stereocenters. The van der Waals surface area contributed by atoms with E-state index in [9.17, 15) is 13.2 Å². The molecule has 1 aromatic heterocycles. The molecule has 2 rings (SSSR count). The van der Waals surface area contributed by atoms with Crippen LogP contribution in [0.2, 0.25) is 0 Å². The molecule has 136 valence electrons. The average Bonchev–Trinajstić information content (AvgIpc) is 3.07. The van der Waals surface area contributed by atoms with E-state index in [1.54, 1.807) is 0 Å². The Balaban J connectivity index is 1.97. The standard InChI is InChI=1S/C17H28N2O4S/c1-3-4-6-9-14(2)18-17(20)15-10-11-16(23-15)24(21,22)19-12-7-5-8-13-19/h10-11,14H,3-9,12-13H2,1-2H3,(H,18,20). The largest absolute Gasteiger partial charge is 0.438 e. The van der Waals surface area contributed by atoms with Gasteiger partial charge in [-0.3, -0.25) is 4.79 Å². The van der Waals surface area contributed by atoms with E-state index >= 15 is 0 Å². The number of hydrogen-bond donors (Lipinski definition) is 1. The van der Waals surface area contributed by atoms with Crippen LogP contribution in [0.25, 0.3) is 0 Å². The van der Waals surface area contributed by atoms with Crippen molar-refractivity contribution in [3.05, 3.63) is 17.9 Å². The number of furan rings is 1. The highest BCUT2D eigenvalue weighted by Crippen LogP contribution is 2.22. The monoisotopic (exact) mass is 356 g/mol. The number of carbonyl (C=O) groups is 1. The van der Waals surface area contributed by atoms with E-state index < -0.39 is 10.0 Å². The van der Waals surface area contributed by atoms with Gasteiger partial charge >= 0.3 is 0 Å². The Morgan fingerprint density at radius 1 is 1.25 bits per heavy atom. The van der Waals surface area contributed by atoms with Crippen molar-refractivity contribution in [3.8, 4) is 0 Å². The van der Waals surface area contributed by atoms with Gasteiger partial charge in [-0.15, -0.1) is 0 Å². The zero-order valence-corrected chi connectivity index (χ0v) is 15.4. The normalized spacial score (nSPS) is 17.6. The molecule has 1 unspecified atom stereocenters. The van der Waals surface area contributed by atoms with E-state index in [0.717, 1.165) is 44.9 Å². The zero-order valence-electron chi connectivity index (χ0n) is 14.6. The molecule has 0 radical (unpaired) electrons. The molecule has 1 fully saturated rings. The minimum Gasteiger partial charge on any atom is -0.438 e. The van der Waals surface area contributed by atoms with Gasteiger partial charge in [0.05, 0.1) is 0 Å². The molecule has 0 saturated carbocycles. The molecule has 1 N–H and O–H groups in total. The van der Waals surface area contributed by atoms with E-state index in [1.165, 1.54) is 16.4 Å². The number of nitrogens with one attached hydrogen (secondary N) is 1. The average molecular weight is 356 g/mol. The van der Waals surface area contributed by atoms with Gasteiger partial charge in [-0.25, -0.2) is 8.42 Å². The molecule has 1 aliphatic heterocycles. The quantitative estimate of drug-likeness (QED) is 0.726. The van der Waals surface area contributed by atoms with Gasteiger partial charge in [0.15, 0.2) is 5.76 Å². The number of sulfonamides is 1. The third-order valence-corrected chi connectivity index (χ3v) is 6.11. The lowest BCUT2D eigenvalue weighted by Crippen LogP contribution is -2.35. The van der Waals surface area contributed by atoms with Gasteiger partial charge in [0.1, 0.15) is 0 Å². The van der Waals surface area contributed by atoms with E-state index in [-0.39, 0.29) is 22.8 Å². The van der Waals surface area contributed by atoms with Crippen molar-refractivity contribution in [2.24, 2.45) is 0 Å². The molecule has 0 bridgehead atoms. The molecule has 6 nitrogen and oxygen atoms in total. The van der Waals surface area contributed by atoms with E-state index in [4.69, 9.17) is 4.42 Å². The molecule has 24 heavy (non-hydrogen) atoms. The summed E-state index contributed by atoms with van der Waals surface area (Å²) in [4.78, 5) is 12.2. The molecule has 0 aliphatic carbocycles. The summed E-state index contributed by atoms with van der Waals surface area (Å²) in [5, 5.41) is 2.71. The van der Waals surface area contributed by atoms with Gasteiger partial charge in [-0.1, -0.05) is 32.6 Å². The molecule has 2 heterocycles. The Hall–Kier alpha value is -1.34. The smallest absolute Gasteiger partial charge is 0.287 e. The Bertz CT molecular complexity index is 633. The minimum absolute atomic E-state index is 0.0382. The molecule has 1 aliphatic rings. The fourth-order valence-electron chi connectivity index (χ4n) is 2.88. The molecule has 1 aromatic rings. The van der Waals surface area contributed by atoms with Crippen molar-refractivity contribution in [2.75, 3.05) is 13.1 Å². The predicted octanol–water partition coefficient (Wildman–Crippen LogP) is 3.15. The van der Waals surface area contributed by atoms with Gasteiger partial charge in [0.25, 0.3) is 15.9 Å². The fourth-order valence-corrected chi connectivity index (χ4v) is 4.31. The third-order valence-electron chi connectivity index (χ3n) is 4.33. The second kappa shape index (κ2) is 8.67. The van der Waals surface area contributed by atoms with E-state index in [0.29, 0.717) is 13.1 Å². The maximum atomic E-state index is 12.5. The summed E-state index contributed by atoms with van der Waals surface area (Å²) >= 11 is 0. The van der Waals surface area contributed by atoms with Crippen LogP contribution in [-0.2, 0) is 10.0 Å². The molecular weight excluding hydrogens is 328 g/mol. The van der Waals surface area contributed by atoms with Crippen LogP contribution in [0.1, 0.15) is 69.3 Å². The molecule has 1 amide bonds. The highest BCUT2D eigenvalue weighted by Gasteiger charge is 2.29. The molecule has 0 spiro atoms. The SMILES string of the molecule is CCCCCC(C)NC(=O)c1ccc(S(=O)(=O)N2CCCCC2)o1. The van der Waals surface area contributed by atoms with E-state index in [2.05, 4.69) is 12.2 Å². The van der Waals surface area contributed by atoms with Crippen molar-refractivity contribution in [1.82, 2.24) is 9.62 Å². The lowest BCUT2D eigenvalue weighted by molar-refractivity contribution is 0.0904. The molecule has 7 heteroatoms. The van der Waals surface area contributed by atoms with Gasteiger partial charge in [0, 0.05) is 19.1 Å². The summed E-state index contributed by atoms with van der Waals surface area (Å²) in [6.07, 6.45) is 7.01. The topological polar surface area (TPSA) is 79.6 Å². The first-order valence-corrected chi connectivity index (χ1v) is 10.3. The number of hydrogen-bond acceptors (Lipinski definition) is 4. The number of carbonyl (C=O) groups excluding carboxylic acids is 1. The molecule has 0 aromatic carbocycles. The second-order valence-electron chi connectivity index (χ2n) is 6.45. The van der Waals surface area contributed by atoms with E-state index in [1.807, 2.05) is 6.92 Å². The Morgan fingerprint density at radius 2 is 1.96 bits per heavy atom. The van der Waals surface area contributed by atoms with Crippen LogP contribution in [0.3, 0.4) is 0 Å². The number of amides is 1. The minimum atomic E-state index is -3.63. The lowest BCUT2D eigenvalue weighted by atomic mass is 10.1. The summed E-state index contributed by atoms with van der Waals surface area (Å²) in [6.45, 7) is 5.11. The highest BCUT2D eigenvalue weighted by atomic mass is 32.2. The van der Waals surface area contributed by atoms with Crippen LogP contribution in [0.15, 0.2) is 21.6 Å². The number of rotatable bonds is 8. The van der Waals surface area contributed by atoms with Crippen LogP contribution in [0, 0.1) is 0 Å². The van der Waals surface area contributed by atoms with Gasteiger partial charge in [-0.2, -0.15) is 4.31 Å². The van der Waals surface area contributed by atoms with Crippen molar-refractivity contribution >= 4 is 15.9 Å². The van der Waals surface area contributed by atoms with Gasteiger partial charge in [0.2, 0.25) is 5.09 Å². The zero-order chi connectivity index (χ0) is 17.6. The summed E-state index contributed by atoms with van der Waals surface area (Å²) in [7, 11) is -3.63. The number of piperidine rings is 1. The van der Waals surface area contributed by atoms with Crippen molar-refractivity contribution < 1.29 is 17.6 Å². The van der Waals surface area contributed by atoms with Crippen molar-refractivity contribution in [1.29, 1.82) is 0 Å². The number of unbranched alkanes of at least 4 members (excludes halogenated alkanes) is 2. The van der Waals surface area contributed by atoms with Crippen LogP contribution < -0.4 is 5.32 Å². The van der Waals surface area contributed by atoms with Crippen molar-refractivity contribution in [2.45, 2.75) is 69.9 Å². The van der Waals surface area contributed by atoms with Gasteiger partial charge in [-0.05, 0) is 38.3 Å². The Labute approximate surface area is 144 Å².